The molecule has 0 heterocycles. The van der Waals surface area contributed by atoms with E-state index in [2.05, 4.69) is 0 Å². The van der Waals surface area contributed by atoms with Gasteiger partial charge in [0.05, 0.1) is 0 Å². The first kappa shape index (κ1) is 18.4. The molecule has 0 radical (unpaired) electrons. The molecule has 5 nitrogen and oxygen atoms in total. The van der Waals surface area contributed by atoms with E-state index < -0.39 is 15.1 Å². The van der Waals surface area contributed by atoms with Crippen molar-refractivity contribution in [3.8, 4) is 0 Å². The Bertz CT molecular complexity index is 265. The van der Waals surface area contributed by atoms with Crippen molar-refractivity contribution in [2.75, 3.05) is 0 Å². The van der Waals surface area contributed by atoms with E-state index in [0.717, 1.165) is 0 Å². The second kappa shape index (κ2) is 9.35. The highest BCUT2D eigenvalue weighted by Gasteiger charge is 2.43. The summed E-state index contributed by atoms with van der Waals surface area (Å²) in [6.45, 7) is 11.3. The Morgan fingerprint density at radius 3 is 1.47 bits per heavy atom. The summed E-state index contributed by atoms with van der Waals surface area (Å²) in [6, 6.07) is 0. The van der Waals surface area contributed by atoms with Crippen molar-refractivity contribution < 1.29 is 21.0 Å². The van der Waals surface area contributed by atoms with Gasteiger partial charge in [0.15, 0.2) is 0 Å². The zero-order chi connectivity index (χ0) is 15.0. The number of carbonyl (C=O) groups is 2. The molecule has 0 N–H and O–H groups in total. The first-order chi connectivity index (χ1) is 8.70. The topological polar surface area (TPSA) is 61.8 Å². The third-order valence-corrected chi connectivity index (χ3v) is 3.67. The highest BCUT2D eigenvalue weighted by atomic mass is 27.3. The van der Waals surface area contributed by atoms with Gasteiger partial charge in [0.25, 0.3) is 11.9 Å². The third-order valence-electron chi connectivity index (χ3n) is 1.99. The van der Waals surface area contributed by atoms with Crippen LogP contribution in [0.1, 0.15) is 54.4 Å². The van der Waals surface area contributed by atoms with E-state index in [-0.39, 0.29) is 29.9 Å². The van der Waals surface area contributed by atoms with Gasteiger partial charge in [0.2, 0.25) is 0 Å². The van der Waals surface area contributed by atoms with E-state index in [0.29, 0.717) is 12.8 Å². The zero-order valence-electron chi connectivity index (χ0n) is 12.8. The van der Waals surface area contributed by atoms with Crippen LogP contribution in [0.4, 0.5) is 0 Å². The second-order valence-electron chi connectivity index (χ2n) is 5.65. The van der Waals surface area contributed by atoms with Crippen LogP contribution in [0.25, 0.3) is 0 Å². The molecule has 0 aromatic carbocycles. The zero-order valence-corrected chi connectivity index (χ0v) is 13.9. The van der Waals surface area contributed by atoms with Crippen LogP contribution in [0, 0.1) is 11.8 Å². The summed E-state index contributed by atoms with van der Waals surface area (Å²) in [5.41, 5.74) is 0. The molecule has 0 rings (SSSR count). The number of carbonyl (C=O) groups excluding carboxylic acids is 2. The predicted octanol–water partition coefficient (Wildman–Crippen LogP) is 2.57. The fourth-order valence-corrected chi connectivity index (χ4v) is 2.50. The molecule has 0 amide bonds. The van der Waals surface area contributed by atoms with Gasteiger partial charge in [-0.05, 0) is 25.7 Å². The van der Waals surface area contributed by atoms with Crippen LogP contribution in [-0.2, 0) is 21.0 Å². The maximum Gasteiger partial charge on any atom is 1.10 e. The van der Waals surface area contributed by atoms with Gasteiger partial charge in [0.1, 0.15) is 0 Å². The fourth-order valence-electron chi connectivity index (χ4n) is 1.28. The Morgan fingerprint density at radius 1 is 0.842 bits per heavy atom. The van der Waals surface area contributed by atoms with Crippen molar-refractivity contribution >= 4 is 27.1 Å². The first-order valence-corrected chi connectivity index (χ1v) is 8.16. The van der Waals surface area contributed by atoms with Crippen molar-refractivity contribution in [1.82, 2.24) is 0 Å². The maximum absolute atomic E-state index is 11.6. The van der Waals surface area contributed by atoms with E-state index in [9.17, 15) is 9.59 Å². The van der Waals surface area contributed by atoms with Gasteiger partial charge < -0.3 is 11.4 Å². The summed E-state index contributed by atoms with van der Waals surface area (Å²) in [4.78, 5) is 23.2. The Kier molecular flexibility index (Phi) is 9.07. The predicted molar refractivity (Wildman–Crippen MR) is 73.1 cm³/mol. The standard InChI is InChI=1S/2C5H10O2.C3H7O.Al/c2*1-4(2)3-5(6)7;1-3(2)4;/h2*4H,3H2,1-2H3,(H,6,7);3H,1-2H3;/q;;-1;+3/p-2. The summed E-state index contributed by atoms with van der Waals surface area (Å²) in [5, 5.41) is 0. The Morgan fingerprint density at radius 2 is 1.21 bits per heavy atom. The van der Waals surface area contributed by atoms with Crippen molar-refractivity contribution in [3.05, 3.63) is 0 Å². The molecular weight excluding hydrogens is 263 g/mol. The first-order valence-electron chi connectivity index (χ1n) is 6.75. The molecule has 110 valence electrons. The Hall–Kier alpha value is -0.568. The van der Waals surface area contributed by atoms with Gasteiger partial charge in [-0.25, -0.2) is 0 Å². The van der Waals surface area contributed by atoms with Crippen LogP contribution < -0.4 is 0 Å². The summed E-state index contributed by atoms with van der Waals surface area (Å²) in [5.74, 6) is -0.338. The van der Waals surface area contributed by atoms with Gasteiger partial charge >= 0.3 is 15.1 Å². The molecular formula is C13H25AlO5. The van der Waals surface area contributed by atoms with Gasteiger partial charge in [-0.15, -0.1) is 0 Å². The normalized spacial score (nSPS) is 11.0. The lowest BCUT2D eigenvalue weighted by Crippen LogP contribution is -2.35. The average Bonchev–Trinajstić information content (AvgIpc) is 2.11. The largest absolute Gasteiger partial charge is 1.10 e. The highest BCUT2D eigenvalue weighted by molar-refractivity contribution is 6.41. The molecule has 0 aliphatic heterocycles. The monoisotopic (exact) mass is 288 g/mol. The van der Waals surface area contributed by atoms with Crippen molar-refractivity contribution in [1.29, 1.82) is 0 Å². The molecule has 0 aromatic rings. The maximum atomic E-state index is 11.6. The molecule has 0 aromatic heterocycles. The summed E-state index contributed by atoms with van der Waals surface area (Å²) in [6.07, 6.45) is 0.453. The van der Waals surface area contributed by atoms with E-state index in [1.165, 1.54) is 0 Å². The van der Waals surface area contributed by atoms with E-state index in [1.807, 2.05) is 41.5 Å². The smallest absolute Gasteiger partial charge is 0.562 e. The molecule has 0 saturated carbocycles. The minimum atomic E-state index is -2.72. The molecule has 19 heavy (non-hydrogen) atoms. The van der Waals surface area contributed by atoms with Gasteiger partial charge in [-0.1, -0.05) is 27.7 Å². The number of hydrogen-bond donors (Lipinski definition) is 0. The highest BCUT2D eigenvalue weighted by Crippen LogP contribution is 2.08. The number of hydrogen-bond acceptors (Lipinski definition) is 5. The minimum Gasteiger partial charge on any atom is -0.562 e. The molecule has 0 saturated heterocycles. The molecule has 0 bridgehead atoms. The van der Waals surface area contributed by atoms with Gasteiger partial charge in [-0.3, -0.25) is 9.59 Å². The van der Waals surface area contributed by atoms with Crippen molar-refractivity contribution in [3.63, 3.8) is 0 Å². The fraction of sp³-hybridized carbons (Fsp3) is 0.846. The lowest BCUT2D eigenvalue weighted by atomic mass is 10.1. The lowest BCUT2D eigenvalue weighted by molar-refractivity contribution is -0.144. The SMILES string of the molecule is CC(C)CC(=O)[O][Al]([O]C(=O)CC(C)C)[O]C(C)C. The molecule has 0 aliphatic rings. The Balaban J connectivity index is 4.37. The average molecular weight is 288 g/mol. The van der Waals surface area contributed by atoms with Crippen molar-refractivity contribution in [2.45, 2.75) is 60.5 Å². The second-order valence-corrected chi connectivity index (χ2v) is 6.97. The van der Waals surface area contributed by atoms with Crippen LogP contribution in [-0.4, -0.2) is 33.2 Å². The summed E-state index contributed by atoms with van der Waals surface area (Å²) < 4.78 is 15.7. The van der Waals surface area contributed by atoms with Gasteiger partial charge in [0, 0.05) is 18.9 Å². The minimum absolute atomic E-state index is 0.143. The van der Waals surface area contributed by atoms with Crippen LogP contribution in [0.15, 0.2) is 0 Å². The Labute approximate surface area is 121 Å². The summed E-state index contributed by atoms with van der Waals surface area (Å²) in [7, 11) is 0. The third kappa shape index (κ3) is 11.0. The van der Waals surface area contributed by atoms with Crippen LogP contribution in [0.3, 0.4) is 0 Å². The molecule has 0 fully saturated rings. The van der Waals surface area contributed by atoms with E-state index in [4.69, 9.17) is 11.4 Å². The number of rotatable bonds is 8. The van der Waals surface area contributed by atoms with Gasteiger partial charge in [-0.2, -0.15) is 0 Å². The molecule has 0 aliphatic carbocycles. The summed E-state index contributed by atoms with van der Waals surface area (Å²) >= 11 is -2.72. The van der Waals surface area contributed by atoms with Crippen LogP contribution >= 0.6 is 0 Å². The van der Waals surface area contributed by atoms with E-state index >= 15 is 0 Å². The molecule has 0 atom stereocenters. The quantitative estimate of drug-likeness (QED) is 0.642. The molecule has 0 unspecified atom stereocenters. The molecule has 0 spiro atoms. The van der Waals surface area contributed by atoms with Crippen LogP contribution in [0.5, 0.6) is 0 Å². The lowest BCUT2D eigenvalue weighted by Gasteiger charge is -2.16. The van der Waals surface area contributed by atoms with Crippen molar-refractivity contribution in [2.24, 2.45) is 11.8 Å². The van der Waals surface area contributed by atoms with E-state index in [1.54, 1.807) is 0 Å². The van der Waals surface area contributed by atoms with Crippen LogP contribution in [0.2, 0.25) is 0 Å². The molecule has 6 heteroatoms.